The molecule has 1 saturated carbocycles. The molecule has 1 aliphatic carbocycles. The van der Waals surface area contributed by atoms with Crippen molar-refractivity contribution < 1.29 is 14.3 Å². The van der Waals surface area contributed by atoms with E-state index >= 15 is 0 Å². The van der Waals surface area contributed by atoms with Crippen molar-refractivity contribution >= 4 is 11.8 Å². The Bertz CT molecular complexity index is 627. The van der Waals surface area contributed by atoms with Crippen molar-refractivity contribution in [3.05, 3.63) is 35.9 Å². The number of hydrogen-bond donors (Lipinski definition) is 0. The number of morpholine rings is 1. The predicted octanol–water partition coefficient (Wildman–Crippen LogP) is 2.38. The van der Waals surface area contributed by atoms with Gasteiger partial charge in [-0.25, -0.2) is 0 Å². The van der Waals surface area contributed by atoms with Crippen LogP contribution < -0.4 is 0 Å². The third kappa shape index (κ3) is 3.43. The Hall–Kier alpha value is -1.88. The number of amides is 2. The SMILES string of the molecule is O=C(C1CC(=O)N(C2CCCC2)C1)N1CCOC(c2ccccc2)C1. The smallest absolute Gasteiger partial charge is 0.228 e. The molecule has 0 bridgehead atoms. The molecular formula is C20H26N2O3. The van der Waals surface area contributed by atoms with Crippen LogP contribution in [0.2, 0.25) is 0 Å². The van der Waals surface area contributed by atoms with Crippen molar-refractivity contribution in [3.8, 4) is 0 Å². The van der Waals surface area contributed by atoms with Crippen molar-refractivity contribution in [1.29, 1.82) is 0 Å². The van der Waals surface area contributed by atoms with Gasteiger partial charge < -0.3 is 14.5 Å². The maximum Gasteiger partial charge on any atom is 0.228 e. The summed E-state index contributed by atoms with van der Waals surface area (Å²) in [5.74, 6) is 0.110. The Morgan fingerprint density at radius 1 is 1.08 bits per heavy atom. The monoisotopic (exact) mass is 342 g/mol. The second-order valence-electron chi connectivity index (χ2n) is 7.44. The van der Waals surface area contributed by atoms with Crippen LogP contribution in [0.4, 0.5) is 0 Å². The van der Waals surface area contributed by atoms with Gasteiger partial charge in [0.2, 0.25) is 11.8 Å². The highest BCUT2D eigenvalue weighted by atomic mass is 16.5. The number of carbonyl (C=O) groups is 2. The molecular weight excluding hydrogens is 316 g/mol. The van der Waals surface area contributed by atoms with Crippen LogP contribution in [0.5, 0.6) is 0 Å². The van der Waals surface area contributed by atoms with E-state index in [0.29, 0.717) is 38.7 Å². The van der Waals surface area contributed by atoms with Crippen LogP contribution in [0, 0.1) is 5.92 Å². The van der Waals surface area contributed by atoms with E-state index in [1.165, 1.54) is 12.8 Å². The van der Waals surface area contributed by atoms with Crippen molar-refractivity contribution in [1.82, 2.24) is 9.80 Å². The van der Waals surface area contributed by atoms with E-state index < -0.39 is 0 Å². The molecule has 2 aliphatic heterocycles. The summed E-state index contributed by atoms with van der Waals surface area (Å²) in [5, 5.41) is 0. The Morgan fingerprint density at radius 2 is 1.84 bits per heavy atom. The maximum atomic E-state index is 13.0. The van der Waals surface area contributed by atoms with Crippen molar-refractivity contribution in [2.45, 2.75) is 44.2 Å². The topological polar surface area (TPSA) is 49.9 Å². The van der Waals surface area contributed by atoms with Gasteiger partial charge in [0.15, 0.2) is 0 Å². The Balaban J connectivity index is 1.40. The summed E-state index contributed by atoms with van der Waals surface area (Å²) < 4.78 is 5.86. The van der Waals surface area contributed by atoms with Crippen LogP contribution in [0.1, 0.15) is 43.8 Å². The van der Waals surface area contributed by atoms with E-state index in [0.717, 1.165) is 18.4 Å². The molecule has 2 atom stereocenters. The highest BCUT2D eigenvalue weighted by Crippen LogP contribution is 2.31. The lowest BCUT2D eigenvalue weighted by Gasteiger charge is -2.34. The minimum absolute atomic E-state index is 0.0676. The summed E-state index contributed by atoms with van der Waals surface area (Å²) in [7, 11) is 0. The molecule has 4 rings (SSSR count). The van der Waals surface area contributed by atoms with Gasteiger partial charge in [-0.15, -0.1) is 0 Å². The average Bonchev–Trinajstić information content (AvgIpc) is 3.31. The summed E-state index contributed by atoms with van der Waals surface area (Å²) >= 11 is 0. The second kappa shape index (κ2) is 7.16. The zero-order valence-corrected chi connectivity index (χ0v) is 14.6. The first kappa shape index (κ1) is 16.6. The van der Waals surface area contributed by atoms with Gasteiger partial charge in [-0.1, -0.05) is 43.2 Å². The normalized spacial score (nSPS) is 27.9. The lowest BCUT2D eigenvalue weighted by Crippen LogP contribution is -2.45. The van der Waals surface area contributed by atoms with E-state index in [1.807, 2.05) is 40.1 Å². The van der Waals surface area contributed by atoms with E-state index in [4.69, 9.17) is 4.74 Å². The van der Waals surface area contributed by atoms with Gasteiger partial charge in [-0.2, -0.15) is 0 Å². The molecule has 134 valence electrons. The van der Waals surface area contributed by atoms with E-state index in [1.54, 1.807) is 0 Å². The molecule has 3 fully saturated rings. The van der Waals surface area contributed by atoms with Crippen molar-refractivity contribution in [2.75, 3.05) is 26.2 Å². The molecule has 2 unspecified atom stereocenters. The van der Waals surface area contributed by atoms with Crippen LogP contribution in [0.15, 0.2) is 30.3 Å². The van der Waals surface area contributed by atoms with Gasteiger partial charge in [-0.05, 0) is 18.4 Å². The lowest BCUT2D eigenvalue weighted by molar-refractivity contribution is -0.143. The number of nitrogens with zero attached hydrogens (tertiary/aromatic N) is 2. The van der Waals surface area contributed by atoms with Gasteiger partial charge in [0.1, 0.15) is 6.10 Å². The van der Waals surface area contributed by atoms with Crippen LogP contribution in [0.3, 0.4) is 0 Å². The zero-order valence-electron chi connectivity index (χ0n) is 14.6. The van der Waals surface area contributed by atoms with Crippen LogP contribution in [-0.4, -0.2) is 53.9 Å². The van der Waals surface area contributed by atoms with Crippen LogP contribution in [-0.2, 0) is 14.3 Å². The molecule has 0 N–H and O–H groups in total. The first-order chi connectivity index (χ1) is 12.2. The molecule has 5 nitrogen and oxygen atoms in total. The zero-order chi connectivity index (χ0) is 17.2. The Kier molecular flexibility index (Phi) is 4.75. The first-order valence-electron chi connectivity index (χ1n) is 9.47. The number of hydrogen-bond acceptors (Lipinski definition) is 3. The van der Waals surface area contributed by atoms with Gasteiger partial charge in [-0.3, -0.25) is 9.59 Å². The molecule has 25 heavy (non-hydrogen) atoms. The predicted molar refractivity (Wildman–Crippen MR) is 93.8 cm³/mol. The number of benzene rings is 1. The highest BCUT2D eigenvalue weighted by Gasteiger charge is 2.41. The summed E-state index contributed by atoms with van der Waals surface area (Å²) in [4.78, 5) is 29.2. The Morgan fingerprint density at radius 3 is 2.60 bits per heavy atom. The van der Waals surface area contributed by atoms with Gasteiger partial charge in [0.05, 0.1) is 19.1 Å². The van der Waals surface area contributed by atoms with Gasteiger partial charge in [0.25, 0.3) is 0 Å². The summed E-state index contributed by atoms with van der Waals surface area (Å²) in [5.41, 5.74) is 1.11. The van der Waals surface area contributed by atoms with Gasteiger partial charge >= 0.3 is 0 Å². The molecule has 1 aromatic carbocycles. The molecule has 0 radical (unpaired) electrons. The standard InChI is InChI=1S/C20H26N2O3/c23-19-12-16(13-22(19)17-8-4-5-9-17)20(24)21-10-11-25-18(14-21)15-6-2-1-3-7-15/h1-3,6-7,16-18H,4-5,8-14H2. The molecule has 2 saturated heterocycles. The maximum absolute atomic E-state index is 13.0. The van der Waals surface area contributed by atoms with Crippen molar-refractivity contribution in [3.63, 3.8) is 0 Å². The van der Waals surface area contributed by atoms with E-state index in [2.05, 4.69) is 0 Å². The van der Waals surface area contributed by atoms with Gasteiger partial charge in [0, 0.05) is 25.6 Å². The first-order valence-corrected chi connectivity index (χ1v) is 9.47. The van der Waals surface area contributed by atoms with E-state index in [9.17, 15) is 9.59 Å². The van der Waals surface area contributed by atoms with Crippen molar-refractivity contribution in [2.24, 2.45) is 5.92 Å². The minimum Gasteiger partial charge on any atom is -0.370 e. The fourth-order valence-corrected chi connectivity index (χ4v) is 4.44. The number of rotatable bonds is 3. The van der Waals surface area contributed by atoms with Crippen LogP contribution >= 0.6 is 0 Å². The summed E-state index contributed by atoms with van der Waals surface area (Å²) in [6, 6.07) is 10.4. The average molecular weight is 342 g/mol. The lowest BCUT2D eigenvalue weighted by atomic mass is 10.0. The largest absolute Gasteiger partial charge is 0.370 e. The number of carbonyl (C=O) groups excluding carboxylic acids is 2. The molecule has 0 aromatic heterocycles. The molecule has 1 aromatic rings. The fourth-order valence-electron chi connectivity index (χ4n) is 4.44. The summed E-state index contributed by atoms with van der Waals surface area (Å²) in [6.45, 7) is 2.36. The van der Waals surface area contributed by atoms with E-state index in [-0.39, 0.29) is 23.8 Å². The van der Waals surface area contributed by atoms with Crippen LogP contribution in [0.25, 0.3) is 0 Å². The molecule has 0 spiro atoms. The number of likely N-dealkylation sites (tertiary alicyclic amines) is 1. The quantitative estimate of drug-likeness (QED) is 0.847. The second-order valence-corrected chi connectivity index (χ2v) is 7.44. The highest BCUT2D eigenvalue weighted by molar-refractivity contribution is 5.89. The minimum atomic E-state index is -0.178. The third-order valence-electron chi connectivity index (χ3n) is 5.82. The Labute approximate surface area is 148 Å². The number of ether oxygens (including phenoxy) is 1. The molecule has 5 heteroatoms. The molecule has 2 amide bonds. The molecule has 3 aliphatic rings. The third-order valence-corrected chi connectivity index (χ3v) is 5.82. The fraction of sp³-hybridized carbons (Fsp3) is 0.600. The summed E-state index contributed by atoms with van der Waals surface area (Å²) in [6.07, 6.45) is 4.91. The molecule has 2 heterocycles.